The predicted octanol–water partition coefficient (Wildman–Crippen LogP) is 0.755. The van der Waals surface area contributed by atoms with Crippen LogP contribution in [0.4, 0.5) is 10.2 Å². The molecule has 0 aliphatic carbocycles. The molecule has 0 fully saturated rings. The SMILES string of the molecule is Cn1cc(COc2ccc(-n3c(N)c4c(cc3=O)C(=O)NC4=O)cc2F)cn1. The third kappa shape index (κ3) is 2.80. The van der Waals surface area contributed by atoms with Crippen LogP contribution in [0.15, 0.2) is 41.5 Å². The normalized spacial score (nSPS) is 12.8. The zero-order valence-electron chi connectivity index (χ0n) is 14.6. The highest BCUT2D eigenvalue weighted by atomic mass is 19.1. The second kappa shape index (κ2) is 6.34. The second-order valence-electron chi connectivity index (χ2n) is 6.20. The van der Waals surface area contributed by atoms with E-state index in [1.165, 1.54) is 12.1 Å². The topological polar surface area (TPSA) is 121 Å². The number of amides is 2. The number of nitrogens with zero attached hydrogens (tertiary/aromatic N) is 3. The molecule has 1 aromatic carbocycles. The summed E-state index contributed by atoms with van der Waals surface area (Å²) in [5, 5.41) is 6.07. The number of nitrogens with two attached hydrogens (primary N) is 1. The number of carbonyl (C=O) groups excluding carboxylic acids is 2. The maximum Gasteiger partial charge on any atom is 0.262 e. The van der Waals surface area contributed by atoms with Crippen LogP contribution < -0.4 is 21.3 Å². The van der Waals surface area contributed by atoms with Crippen molar-refractivity contribution in [1.82, 2.24) is 19.7 Å². The molecule has 3 aromatic rings. The molecule has 0 spiro atoms. The maximum absolute atomic E-state index is 14.5. The molecule has 4 rings (SSSR count). The van der Waals surface area contributed by atoms with Crippen LogP contribution >= 0.6 is 0 Å². The van der Waals surface area contributed by atoms with E-state index in [2.05, 4.69) is 10.4 Å². The number of hydrogen-bond acceptors (Lipinski definition) is 6. The molecule has 1 aliphatic heterocycles. The summed E-state index contributed by atoms with van der Waals surface area (Å²) in [6, 6.07) is 4.85. The minimum atomic E-state index is -0.714. The smallest absolute Gasteiger partial charge is 0.262 e. The highest BCUT2D eigenvalue weighted by Crippen LogP contribution is 2.26. The van der Waals surface area contributed by atoms with Crippen LogP contribution in [-0.4, -0.2) is 26.2 Å². The molecule has 3 N–H and O–H groups in total. The van der Waals surface area contributed by atoms with Gasteiger partial charge in [-0.25, -0.2) is 4.39 Å². The van der Waals surface area contributed by atoms with Gasteiger partial charge in [0.2, 0.25) is 0 Å². The number of ether oxygens (including phenoxy) is 1. The van der Waals surface area contributed by atoms with Crippen molar-refractivity contribution in [3.63, 3.8) is 0 Å². The average molecular weight is 383 g/mol. The quantitative estimate of drug-likeness (QED) is 0.642. The Morgan fingerprint density at radius 1 is 1.21 bits per heavy atom. The Morgan fingerprint density at radius 3 is 2.68 bits per heavy atom. The molecule has 0 atom stereocenters. The van der Waals surface area contributed by atoms with Crippen molar-refractivity contribution in [3.05, 3.63) is 69.5 Å². The summed E-state index contributed by atoms with van der Waals surface area (Å²) in [4.78, 5) is 36.0. The Hall–Kier alpha value is -3.95. The van der Waals surface area contributed by atoms with E-state index in [1.807, 2.05) is 0 Å². The molecule has 28 heavy (non-hydrogen) atoms. The van der Waals surface area contributed by atoms with Gasteiger partial charge in [0.1, 0.15) is 12.4 Å². The number of benzene rings is 1. The lowest BCUT2D eigenvalue weighted by Gasteiger charge is -2.13. The van der Waals surface area contributed by atoms with Gasteiger partial charge in [-0.2, -0.15) is 5.10 Å². The number of halogens is 1. The van der Waals surface area contributed by atoms with Crippen molar-refractivity contribution in [3.8, 4) is 11.4 Å². The molecule has 1 aliphatic rings. The molecule has 142 valence electrons. The molecule has 9 nitrogen and oxygen atoms in total. The van der Waals surface area contributed by atoms with Crippen LogP contribution in [0, 0.1) is 5.82 Å². The van der Waals surface area contributed by atoms with Gasteiger partial charge in [-0.1, -0.05) is 0 Å². The molecule has 0 bridgehead atoms. The highest BCUT2D eigenvalue weighted by Gasteiger charge is 2.31. The molecule has 0 radical (unpaired) electrons. The summed E-state index contributed by atoms with van der Waals surface area (Å²) in [7, 11) is 1.76. The fourth-order valence-corrected chi connectivity index (χ4v) is 3.00. The van der Waals surface area contributed by atoms with Crippen LogP contribution in [0.25, 0.3) is 5.69 Å². The minimum absolute atomic E-state index is 0.0201. The van der Waals surface area contributed by atoms with E-state index in [0.29, 0.717) is 0 Å². The van der Waals surface area contributed by atoms with Crippen LogP contribution in [0.5, 0.6) is 5.75 Å². The lowest BCUT2D eigenvalue weighted by Crippen LogP contribution is -2.24. The largest absolute Gasteiger partial charge is 0.486 e. The van der Waals surface area contributed by atoms with Crippen LogP contribution in [0.3, 0.4) is 0 Å². The van der Waals surface area contributed by atoms with Gasteiger partial charge in [-0.05, 0) is 12.1 Å². The van der Waals surface area contributed by atoms with Gasteiger partial charge in [0.15, 0.2) is 11.6 Å². The maximum atomic E-state index is 14.5. The first kappa shape index (κ1) is 17.5. The Labute approximate surface area is 157 Å². The zero-order chi connectivity index (χ0) is 20.0. The number of anilines is 1. The molecule has 2 amide bonds. The fraction of sp³-hybridized carbons (Fsp3) is 0.111. The molecule has 2 aromatic heterocycles. The second-order valence-corrected chi connectivity index (χ2v) is 6.20. The number of aromatic nitrogens is 3. The van der Waals surface area contributed by atoms with Crippen molar-refractivity contribution >= 4 is 17.6 Å². The van der Waals surface area contributed by atoms with Crippen molar-refractivity contribution in [1.29, 1.82) is 0 Å². The monoisotopic (exact) mass is 383 g/mol. The Bertz CT molecular complexity index is 1200. The van der Waals surface area contributed by atoms with Crippen molar-refractivity contribution in [2.75, 3.05) is 5.73 Å². The summed E-state index contributed by atoms with van der Waals surface area (Å²) < 4.78 is 22.5. The standard InChI is InChI=1S/C18H14FN5O4/c1-23-7-9(6-21-23)8-28-13-3-2-10(4-12(13)19)24-14(25)5-11-15(16(24)20)18(27)22-17(11)26/h2-7H,8,20H2,1H3,(H,22,26,27). The molecule has 3 heterocycles. The molecule has 0 unspecified atom stereocenters. The molecule has 10 heteroatoms. The Kier molecular flexibility index (Phi) is 3.95. The van der Waals surface area contributed by atoms with Gasteiger partial charge in [0, 0.05) is 30.9 Å². The summed E-state index contributed by atoms with van der Waals surface area (Å²) in [6.45, 7) is 0.118. The lowest BCUT2D eigenvalue weighted by molar-refractivity contribution is 0.0880. The van der Waals surface area contributed by atoms with Gasteiger partial charge in [0.25, 0.3) is 17.4 Å². The molecule has 0 saturated heterocycles. The third-order valence-corrected chi connectivity index (χ3v) is 4.28. The van der Waals surface area contributed by atoms with E-state index in [9.17, 15) is 18.8 Å². The number of hydrogen-bond donors (Lipinski definition) is 2. The minimum Gasteiger partial charge on any atom is -0.486 e. The average Bonchev–Trinajstić information content (AvgIpc) is 3.17. The number of nitrogens with one attached hydrogen (secondary N) is 1. The van der Waals surface area contributed by atoms with Gasteiger partial charge in [-0.3, -0.25) is 28.9 Å². The number of pyridine rings is 1. The predicted molar refractivity (Wildman–Crippen MR) is 95.7 cm³/mol. The van der Waals surface area contributed by atoms with Gasteiger partial charge < -0.3 is 10.5 Å². The van der Waals surface area contributed by atoms with E-state index in [4.69, 9.17) is 10.5 Å². The third-order valence-electron chi connectivity index (χ3n) is 4.28. The van der Waals surface area contributed by atoms with Crippen LogP contribution in [-0.2, 0) is 13.7 Å². The highest BCUT2D eigenvalue weighted by molar-refractivity contribution is 6.23. The Balaban J connectivity index is 1.68. The first-order valence-electron chi connectivity index (χ1n) is 8.16. The number of carbonyl (C=O) groups is 2. The van der Waals surface area contributed by atoms with Gasteiger partial charge >= 0.3 is 0 Å². The van der Waals surface area contributed by atoms with Crippen molar-refractivity contribution in [2.45, 2.75) is 6.61 Å². The van der Waals surface area contributed by atoms with Crippen molar-refractivity contribution < 1.29 is 18.7 Å². The van der Waals surface area contributed by atoms with E-state index >= 15 is 0 Å². The number of aryl methyl sites for hydroxylation is 1. The zero-order valence-corrected chi connectivity index (χ0v) is 14.6. The number of rotatable bonds is 4. The molecular weight excluding hydrogens is 369 g/mol. The van der Waals surface area contributed by atoms with Crippen molar-refractivity contribution in [2.24, 2.45) is 7.05 Å². The summed E-state index contributed by atoms with van der Waals surface area (Å²) >= 11 is 0. The fourth-order valence-electron chi connectivity index (χ4n) is 3.00. The Morgan fingerprint density at radius 2 is 2.00 bits per heavy atom. The number of imide groups is 1. The first-order valence-corrected chi connectivity index (χ1v) is 8.16. The van der Waals surface area contributed by atoms with E-state index in [1.54, 1.807) is 24.1 Å². The first-order chi connectivity index (χ1) is 13.3. The van der Waals surface area contributed by atoms with Crippen LogP contribution in [0.1, 0.15) is 26.3 Å². The summed E-state index contributed by atoms with van der Waals surface area (Å²) in [6.07, 6.45) is 3.34. The molecular formula is C18H14FN5O4. The van der Waals surface area contributed by atoms with E-state index in [0.717, 1.165) is 22.3 Å². The summed E-state index contributed by atoms with van der Waals surface area (Å²) in [5.74, 6) is -2.37. The lowest BCUT2D eigenvalue weighted by atomic mass is 10.1. The van der Waals surface area contributed by atoms with E-state index < -0.39 is 23.2 Å². The number of nitrogen functional groups attached to an aromatic ring is 1. The van der Waals surface area contributed by atoms with E-state index in [-0.39, 0.29) is 35.0 Å². The summed E-state index contributed by atoms with van der Waals surface area (Å²) in [5.41, 5.74) is 5.93. The van der Waals surface area contributed by atoms with Crippen LogP contribution in [0.2, 0.25) is 0 Å². The van der Waals surface area contributed by atoms with Gasteiger partial charge in [0.05, 0.1) is 23.0 Å². The number of fused-ring (bicyclic) bond motifs is 1. The molecule has 0 saturated carbocycles. The van der Waals surface area contributed by atoms with Gasteiger partial charge in [-0.15, -0.1) is 0 Å².